The molecule has 2 heteroatoms. The Balaban J connectivity index is 2.10. The quantitative estimate of drug-likeness (QED) is 0.756. The van der Waals surface area contributed by atoms with Gasteiger partial charge >= 0.3 is 0 Å². The molecule has 96 valence electrons. The highest BCUT2D eigenvalue weighted by Crippen LogP contribution is 2.19. The van der Waals surface area contributed by atoms with Crippen molar-refractivity contribution in [2.24, 2.45) is 0 Å². The Hall–Kier alpha value is -2.22. The predicted octanol–water partition coefficient (Wildman–Crippen LogP) is 3.91. The van der Waals surface area contributed by atoms with Crippen LogP contribution < -0.4 is 0 Å². The van der Waals surface area contributed by atoms with E-state index in [0.717, 1.165) is 11.1 Å². The molecule has 0 unspecified atom stereocenters. The van der Waals surface area contributed by atoms with Gasteiger partial charge in [0.1, 0.15) is 5.78 Å². The fourth-order valence-corrected chi connectivity index (χ4v) is 1.91. The van der Waals surface area contributed by atoms with E-state index in [2.05, 4.69) is 0 Å². The number of Topliss-reactive ketones (excluding diaryl/α,β-unsaturated/α-hetero) is 2. The highest BCUT2D eigenvalue weighted by atomic mass is 16.1. The minimum atomic E-state index is 0.0230. The van der Waals surface area contributed by atoms with Crippen LogP contribution in [0.5, 0.6) is 0 Å². The molecule has 2 nitrogen and oxygen atoms in total. The molecular formula is C17H16O2. The van der Waals surface area contributed by atoms with Crippen molar-refractivity contribution >= 4 is 11.6 Å². The highest BCUT2D eigenvalue weighted by molar-refractivity contribution is 5.98. The van der Waals surface area contributed by atoms with Gasteiger partial charge in [0.25, 0.3) is 0 Å². The van der Waals surface area contributed by atoms with Gasteiger partial charge in [0, 0.05) is 18.4 Å². The first-order valence-electron chi connectivity index (χ1n) is 6.35. The van der Waals surface area contributed by atoms with E-state index in [0.29, 0.717) is 18.4 Å². The standard InChI is InChI=1S/C17H16O2/c1-13(18)7-12-17(19)16-10-8-15(9-11-16)14-5-3-2-4-6-14/h2-6,8-11H,7,12H2,1H3. The van der Waals surface area contributed by atoms with Crippen LogP contribution in [0.4, 0.5) is 0 Å². The zero-order valence-corrected chi connectivity index (χ0v) is 10.9. The van der Waals surface area contributed by atoms with Crippen molar-refractivity contribution < 1.29 is 9.59 Å². The minimum Gasteiger partial charge on any atom is -0.300 e. The Morgan fingerprint density at radius 1 is 0.789 bits per heavy atom. The summed E-state index contributed by atoms with van der Waals surface area (Å²) in [5, 5.41) is 0. The molecule has 2 aromatic rings. The first-order valence-corrected chi connectivity index (χ1v) is 6.35. The number of hydrogen-bond donors (Lipinski definition) is 0. The topological polar surface area (TPSA) is 34.1 Å². The number of carbonyl (C=O) groups is 2. The number of ketones is 2. The van der Waals surface area contributed by atoms with Gasteiger partial charge in [-0.2, -0.15) is 0 Å². The molecule has 0 saturated heterocycles. The first kappa shape index (κ1) is 13.2. The van der Waals surface area contributed by atoms with Crippen LogP contribution in [0, 0.1) is 0 Å². The molecule has 0 saturated carbocycles. The molecule has 0 amide bonds. The van der Waals surface area contributed by atoms with E-state index in [1.165, 1.54) is 6.92 Å². The van der Waals surface area contributed by atoms with E-state index in [1.54, 1.807) is 0 Å². The van der Waals surface area contributed by atoms with Crippen LogP contribution in [0.15, 0.2) is 54.6 Å². The number of carbonyl (C=O) groups excluding carboxylic acids is 2. The van der Waals surface area contributed by atoms with Gasteiger partial charge < -0.3 is 4.79 Å². The summed E-state index contributed by atoms with van der Waals surface area (Å²) in [4.78, 5) is 22.7. The fourth-order valence-electron chi connectivity index (χ4n) is 1.91. The molecule has 2 aromatic carbocycles. The second-order valence-corrected chi connectivity index (χ2v) is 4.57. The zero-order valence-electron chi connectivity index (χ0n) is 10.9. The minimum absolute atomic E-state index is 0.0230. The normalized spacial score (nSPS) is 10.2. The first-order chi connectivity index (χ1) is 9.16. The molecule has 2 rings (SSSR count). The van der Waals surface area contributed by atoms with Crippen LogP contribution in [-0.4, -0.2) is 11.6 Å². The van der Waals surface area contributed by atoms with E-state index in [1.807, 2.05) is 54.6 Å². The summed E-state index contributed by atoms with van der Waals surface area (Å²) in [5.41, 5.74) is 2.88. The summed E-state index contributed by atoms with van der Waals surface area (Å²) in [6, 6.07) is 17.5. The lowest BCUT2D eigenvalue weighted by Crippen LogP contribution is -2.01. The van der Waals surface area contributed by atoms with Gasteiger partial charge in [0.2, 0.25) is 0 Å². The van der Waals surface area contributed by atoms with E-state index >= 15 is 0 Å². The third-order valence-electron chi connectivity index (χ3n) is 3.02. The fraction of sp³-hybridized carbons (Fsp3) is 0.176. The lowest BCUT2D eigenvalue weighted by atomic mass is 10.0. The molecule has 0 spiro atoms. The third kappa shape index (κ3) is 3.62. The van der Waals surface area contributed by atoms with Crippen LogP contribution >= 0.6 is 0 Å². The molecule has 0 aromatic heterocycles. The average Bonchev–Trinajstić information content (AvgIpc) is 2.46. The van der Waals surface area contributed by atoms with Crippen molar-refractivity contribution in [3.63, 3.8) is 0 Å². The van der Waals surface area contributed by atoms with E-state index in [4.69, 9.17) is 0 Å². The van der Waals surface area contributed by atoms with Gasteiger partial charge in [0.15, 0.2) is 5.78 Å². The molecule has 0 aliphatic heterocycles. The maximum absolute atomic E-state index is 11.8. The lowest BCUT2D eigenvalue weighted by Gasteiger charge is -2.03. The smallest absolute Gasteiger partial charge is 0.163 e. The average molecular weight is 252 g/mol. The Morgan fingerprint density at radius 3 is 1.95 bits per heavy atom. The molecular weight excluding hydrogens is 236 g/mol. The van der Waals surface area contributed by atoms with Crippen LogP contribution in [0.25, 0.3) is 11.1 Å². The summed E-state index contributed by atoms with van der Waals surface area (Å²) < 4.78 is 0. The van der Waals surface area contributed by atoms with Crippen molar-refractivity contribution in [3.05, 3.63) is 60.2 Å². The van der Waals surface area contributed by atoms with E-state index < -0.39 is 0 Å². The SMILES string of the molecule is CC(=O)CCC(=O)c1ccc(-c2ccccc2)cc1. The van der Waals surface area contributed by atoms with Gasteiger partial charge in [-0.3, -0.25) is 4.79 Å². The number of rotatable bonds is 5. The molecule has 0 aliphatic carbocycles. The monoisotopic (exact) mass is 252 g/mol. The van der Waals surface area contributed by atoms with Crippen molar-refractivity contribution in [2.45, 2.75) is 19.8 Å². The van der Waals surface area contributed by atoms with Crippen molar-refractivity contribution in [1.29, 1.82) is 0 Å². The Labute approximate surface area is 113 Å². The van der Waals surface area contributed by atoms with E-state index in [9.17, 15) is 9.59 Å². The van der Waals surface area contributed by atoms with Crippen LogP contribution in [-0.2, 0) is 4.79 Å². The maximum Gasteiger partial charge on any atom is 0.163 e. The van der Waals surface area contributed by atoms with Crippen LogP contribution in [0.1, 0.15) is 30.1 Å². The predicted molar refractivity (Wildman–Crippen MR) is 76.1 cm³/mol. The van der Waals surface area contributed by atoms with Crippen LogP contribution in [0.3, 0.4) is 0 Å². The summed E-state index contributed by atoms with van der Waals surface area (Å²) in [6.45, 7) is 1.51. The van der Waals surface area contributed by atoms with Crippen LogP contribution in [0.2, 0.25) is 0 Å². The number of hydrogen-bond acceptors (Lipinski definition) is 2. The molecule has 0 atom stereocenters. The zero-order chi connectivity index (χ0) is 13.7. The van der Waals surface area contributed by atoms with Crippen molar-refractivity contribution in [2.75, 3.05) is 0 Å². The molecule has 0 bridgehead atoms. The van der Waals surface area contributed by atoms with Gasteiger partial charge in [-0.05, 0) is 18.1 Å². The summed E-state index contributed by atoms with van der Waals surface area (Å²) in [6.07, 6.45) is 0.610. The summed E-state index contributed by atoms with van der Waals surface area (Å²) in [5.74, 6) is 0.0732. The molecule has 0 fully saturated rings. The Kier molecular flexibility index (Phi) is 4.24. The Morgan fingerprint density at radius 2 is 1.37 bits per heavy atom. The molecule has 19 heavy (non-hydrogen) atoms. The van der Waals surface area contributed by atoms with Crippen molar-refractivity contribution in [1.82, 2.24) is 0 Å². The largest absolute Gasteiger partial charge is 0.300 e. The van der Waals surface area contributed by atoms with Gasteiger partial charge in [-0.25, -0.2) is 0 Å². The maximum atomic E-state index is 11.8. The highest BCUT2D eigenvalue weighted by Gasteiger charge is 2.07. The Bertz CT molecular complexity index is 568. The molecule has 0 aliphatic rings. The summed E-state index contributed by atoms with van der Waals surface area (Å²) in [7, 11) is 0. The molecule has 0 radical (unpaired) electrons. The lowest BCUT2D eigenvalue weighted by molar-refractivity contribution is -0.116. The second kappa shape index (κ2) is 6.10. The molecule has 0 heterocycles. The second-order valence-electron chi connectivity index (χ2n) is 4.57. The van der Waals surface area contributed by atoms with E-state index in [-0.39, 0.29) is 11.6 Å². The van der Waals surface area contributed by atoms with Gasteiger partial charge in [0.05, 0.1) is 0 Å². The van der Waals surface area contributed by atoms with Gasteiger partial charge in [-0.15, -0.1) is 0 Å². The van der Waals surface area contributed by atoms with Crippen molar-refractivity contribution in [3.8, 4) is 11.1 Å². The molecule has 0 N–H and O–H groups in total. The number of benzene rings is 2. The third-order valence-corrected chi connectivity index (χ3v) is 3.02. The summed E-state index contributed by atoms with van der Waals surface area (Å²) >= 11 is 0. The van der Waals surface area contributed by atoms with Gasteiger partial charge in [-0.1, -0.05) is 54.6 Å².